The second-order valence-corrected chi connectivity index (χ2v) is 7.41. The van der Waals surface area contributed by atoms with E-state index < -0.39 is 23.8 Å². The summed E-state index contributed by atoms with van der Waals surface area (Å²) in [7, 11) is 0. The van der Waals surface area contributed by atoms with Gasteiger partial charge in [0.25, 0.3) is 5.91 Å². The van der Waals surface area contributed by atoms with Gasteiger partial charge in [-0.15, -0.1) is 6.58 Å². The molecule has 1 atom stereocenters. The molecular formula is C23H20F3N3O2. The van der Waals surface area contributed by atoms with Gasteiger partial charge in [0.2, 0.25) is 0 Å². The number of nitrogens with zero attached hydrogens (tertiary/aromatic N) is 2. The highest BCUT2D eigenvalue weighted by Crippen LogP contribution is 2.38. The highest BCUT2D eigenvalue weighted by atomic mass is 19.4. The lowest BCUT2D eigenvalue weighted by atomic mass is 9.94. The summed E-state index contributed by atoms with van der Waals surface area (Å²) < 4.78 is 38.8. The molecule has 2 heterocycles. The fourth-order valence-corrected chi connectivity index (χ4v) is 3.92. The molecule has 31 heavy (non-hydrogen) atoms. The number of urea groups is 1. The average Bonchev–Trinajstić information content (AvgIpc) is 3.06. The van der Waals surface area contributed by atoms with Crippen LogP contribution in [0, 0.1) is 0 Å². The van der Waals surface area contributed by atoms with Gasteiger partial charge < -0.3 is 10.2 Å². The van der Waals surface area contributed by atoms with Crippen molar-refractivity contribution in [2.75, 3.05) is 13.1 Å². The molecular weight excluding hydrogens is 407 g/mol. The molecule has 4 rings (SSSR count). The maximum Gasteiger partial charge on any atom is 0.416 e. The van der Waals surface area contributed by atoms with Gasteiger partial charge in [0.15, 0.2) is 0 Å². The number of amides is 3. The average molecular weight is 427 g/mol. The molecule has 0 unspecified atom stereocenters. The van der Waals surface area contributed by atoms with Gasteiger partial charge in [0.05, 0.1) is 29.4 Å². The Labute approximate surface area is 177 Å². The number of hydrogen-bond acceptors (Lipinski definition) is 2. The molecule has 2 aliphatic rings. The van der Waals surface area contributed by atoms with Crippen molar-refractivity contribution in [1.29, 1.82) is 0 Å². The van der Waals surface area contributed by atoms with Gasteiger partial charge >= 0.3 is 12.2 Å². The molecule has 0 aromatic heterocycles. The first kappa shape index (κ1) is 20.7. The summed E-state index contributed by atoms with van der Waals surface area (Å²) in [4.78, 5) is 29.1. The van der Waals surface area contributed by atoms with Crippen molar-refractivity contribution < 1.29 is 22.8 Å². The highest BCUT2D eigenvalue weighted by Gasteiger charge is 2.43. The van der Waals surface area contributed by atoms with Crippen molar-refractivity contribution in [2.45, 2.75) is 18.8 Å². The van der Waals surface area contributed by atoms with Crippen LogP contribution in [0.4, 0.5) is 18.0 Å². The van der Waals surface area contributed by atoms with Crippen LogP contribution >= 0.6 is 0 Å². The van der Waals surface area contributed by atoms with Crippen LogP contribution in [0.2, 0.25) is 0 Å². The minimum atomic E-state index is -4.46. The second-order valence-electron chi connectivity index (χ2n) is 7.41. The Morgan fingerprint density at radius 1 is 1.06 bits per heavy atom. The quantitative estimate of drug-likeness (QED) is 0.726. The molecule has 2 aromatic rings. The Hall–Kier alpha value is -3.55. The van der Waals surface area contributed by atoms with Gasteiger partial charge in [-0.2, -0.15) is 13.2 Å². The van der Waals surface area contributed by atoms with Crippen LogP contribution in [0.3, 0.4) is 0 Å². The van der Waals surface area contributed by atoms with Crippen molar-refractivity contribution in [1.82, 2.24) is 15.1 Å². The van der Waals surface area contributed by atoms with Crippen molar-refractivity contribution in [3.05, 3.63) is 95.2 Å². The largest absolute Gasteiger partial charge is 0.416 e. The molecule has 0 saturated heterocycles. The molecule has 0 radical (unpaired) electrons. The van der Waals surface area contributed by atoms with Crippen LogP contribution in [0.15, 0.2) is 78.5 Å². The summed E-state index contributed by atoms with van der Waals surface area (Å²) in [5.74, 6) is -0.252. The third-order valence-electron chi connectivity index (χ3n) is 5.40. The summed E-state index contributed by atoms with van der Waals surface area (Å²) >= 11 is 0. The number of hydrogen-bond donors (Lipinski definition) is 1. The standard InChI is InChI=1S/C23H20F3N3O2/c1-2-12-29-18-14-28(13-15-6-4-3-5-7-15)21(30)19(18)20(27-22(29)31)16-8-10-17(11-9-16)23(24,25)26/h2-11,20H,1,12-14H2,(H,27,31)/t20-/m1/s1. The van der Waals surface area contributed by atoms with E-state index in [0.29, 0.717) is 23.4 Å². The fraction of sp³-hybridized carbons (Fsp3) is 0.217. The summed E-state index contributed by atoms with van der Waals surface area (Å²) in [5, 5.41) is 2.76. The monoisotopic (exact) mass is 427 g/mol. The minimum absolute atomic E-state index is 0.219. The summed E-state index contributed by atoms with van der Waals surface area (Å²) in [6.45, 7) is 4.49. The Morgan fingerprint density at radius 3 is 2.35 bits per heavy atom. The van der Waals surface area contributed by atoms with Crippen LogP contribution < -0.4 is 5.32 Å². The van der Waals surface area contributed by atoms with E-state index in [4.69, 9.17) is 0 Å². The SMILES string of the molecule is C=CCN1C(=O)N[C@H](c2ccc(C(F)(F)F)cc2)C2=C1CN(Cc1ccccc1)C2=O. The van der Waals surface area contributed by atoms with Crippen molar-refractivity contribution in [3.63, 3.8) is 0 Å². The van der Waals surface area contributed by atoms with E-state index in [9.17, 15) is 22.8 Å². The topological polar surface area (TPSA) is 52.7 Å². The maximum atomic E-state index is 13.3. The van der Waals surface area contributed by atoms with Gasteiger partial charge in [-0.25, -0.2) is 4.79 Å². The van der Waals surface area contributed by atoms with Gasteiger partial charge in [0, 0.05) is 13.1 Å². The number of benzene rings is 2. The van der Waals surface area contributed by atoms with Crippen LogP contribution in [0.1, 0.15) is 22.7 Å². The number of nitrogens with one attached hydrogen (secondary N) is 1. The third kappa shape index (κ3) is 3.93. The van der Waals surface area contributed by atoms with Crippen LogP contribution in [-0.4, -0.2) is 34.8 Å². The summed E-state index contributed by atoms with van der Waals surface area (Å²) in [6, 6.07) is 12.7. The van der Waals surface area contributed by atoms with E-state index in [1.54, 1.807) is 11.0 Å². The number of carbonyl (C=O) groups excluding carboxylic acids is 2. The van der Waals surface area contributed by atoms with Crippen molar-refractivity contribution in [3.8, 4) is 0 Å². The van der Waals surface area contributed by atoms with E-state index in [2.05, 4.69) is 11.9 Å². The molecule has 2 aliphatic heterocycles. The molecule has 2 aromatic carbocycles. The summed E-state index contributed by atoms with van der Waals surface area (Å²) in [6.07, 6.45) is -2.90. The zero-order chi connectivity index (χ0) is 22.2. The highest BCUT2D eigenvalue weighted by molar-refractivity contribution is 6.01. The number of carbonyl (C=O) groups is 2. The molecule has 0 aliphatic carbocycles. The molecule has 3 amide bonds. The summed E-state index contributed by atoms with van der Waals surface area (Å²) in [5.41, 5.74) is 1.49. The smallest absolute Gasteiger partial charge is 0.329 e. The lowest BCUT2D eigenvalue weighted by Crippen LogP contribution is -2.47. The van der Waals surface area contributed by atoms with Crippen LogP contribution in [-0.2, 0) is 17.5 Å². The molecule has 1 N–H and O–H groups in total. The van der Waals surface area contributed by atoms with E-state index in [-0.39, 0.29) is 19.0 Å². The van der Waals surface area contributed by atoms with E-state index in [1.165, 1.54) is 17.0 Å². The predicted molar refractivity (Wildman–Crippen MR) is 109 cm³/mol. The van der Waals surface area contributed by atoms with Crippen LogP contribution in [0.5, 0.6) is 0 Å². The molecule has 8 heteroatoms. The zero-order valence-corrected chi connectivity index (χ0v) is 16.5. The zero-order valence-electron chi connectivity index (χ0n) is 16.5. The lowest BCUT2D eigenvalue weighted by molar-refractivity contribution is -0.137. The molecule has 5 nitrogen and oxygen atoms in total. The Bertz CT molecular complexity index is 1050. The molecule has 160 valence electrons. The second kappa shape index (κ2) is 7.94. The Morgan fingerprint density at radius 2 is 1.74 bits per heavy atom. The van der Waals surface area contributed by atoms with E-state index in [0.717, 1.165) is 17.7 Å². The first-order valence-corrected chi connectivity index (χ1v) is 9.72. The predicted octanol–water partition coefficient (Wildman–Crippen LogP) is 4.25. The third-order valence-corrected chi connectivity index (χ3v) is 5.40. The molecule has 0 saturated carbocycles. The first-order valence-electron chi connectivity index (χ1n) is 9.72. The molecule has 0 fully saturated rings. The lowest BCUT2D eigenvalue weighted by Gasteiger charge is -2.33. The van der Waals surface area contributed by atoms with Crippen molar-refractivity contribution in [2.24, 2.45) is 0 Å². The Balaban J connectivity index is 1.69. The molecule has 0 spiro atoms. The van der Waals surface area contributed by atoms with Crippen molar-refractivity contribution >= 4 is 11.9 Å². The van der Waals surface area contributed by atoms with Gasteiger partial charge in [-0.05, 0) is 23.3 Å². The van der Waals surface area contributed by atoms with E-state index >= 15 is 0 Å². The molecule has 0 bridgehead atoms. The Kier molecular flexibility index (Phi) is 5.31. The fourth-order valence-electron chi connectivity index (χ4n) is 3.92. The maximum absolute atomic E-state index is 13.3. The van der Waals surface area contributed by atoms with Crippen LogP contribution in [0.25, 0.3) is 0 Å². The minimum Gasteiger partial charge on any atom is -0.329 e. The van der Waals surface area contributed by atoms with Gasteiger partial charge in [-0.1, -0.05) is 48.5 Å². The first-order chi connectivity index (χ1) is 14.8. The number of halogens is 3. The van der Waals surface area contributed by atoms with E-state index in [1.807, 2.05) is 30.3 Å². The number of alkyl halides is 3. The van der Waals surface area contributed by atoms with Gasteiger partial charge in [0.1, 0.15) is 0 Å². The normalized spacial score (nSPS) is 18.9. The van der Waals surface area contributed by atoms with Gasteiger partial charge in [-0.3, -0.25) is 9.69 Å². The number of rotatable bonds is 5.